The first kappa shape index (κ1) is 15.1. The van der Waals surface area contributed by atoms with Gasteiger partial charge in [-0.3, -0.25) is 4.98 Å². The summed E-state index contributed by atoms with van der Waals surface area (Å²) in [6, 6.07) is 29.6. The van der Waals surface area contributed by atoms with E-state index >= 15 is 0 Å². The highest BCUT2D eigenvalue weighted by Gasteiger charge is 2.05. The average molecular weight is 324 g/mol. The molecule has 0 aliphatic carbocycles. The van der Waals surface area contributed by atoms with E-state index in [-0.39, 0.29) is 0 Å². The molecule has 0 saturated carbocycles. The SMILES string of the molecule is c1ccc(Oc2cccc(-c3cccc(-c4ccccn4)c3)n2)cc1. The van der Waals surface area contributed by atoms with Crippen LogP contribution in [0.4, 0.5) is 0 Å². The Morgan fingerprint density at radius 1 is 0.600 bits per heavy atom. The summed E-state index contributed by atoms with van der Waals surface area (Å²) in [6.07, 6.45) is 1.80. The first-order valence-corrected chi connectivity index (χ1v) is 8.10. The van der Waals surface area contributed by atoms with Crippen molar-refractivity contribution in [3.63, 3.8) is 0 Å². The van der Waals surface area contributed by atoms with Gasteiger partial charge in [0.25, 0.3) is 0 Å². The molecule has 0 fully saturated rings. The summed E-state index contributed by atoms with van der Waals surface area (Å²) in [5, 5.41) is 0. The van der Waals surface area contributed by atoms with Crippen molar-refractivity contribution in [3.8, 4) is 34.1 Å². The monoisotopic (exact) mass is 324 g/mol. The van der Waals surface area contributed by atoms with Crippen LogP contribution < -0.4 is 4.74 Å². The molecule has 3 heteroatoms. The smallest absolute Gasteiger partial charge is 0.219 e. The van der Waals surface area contributed by atoms with Crippen LogP contribution in [0, 0.1) is 0 Å². The number of rotatable bonds is 4. The van der Waals surface area contributed by atoms with Crippen LogP contribution >= 0.6 is 0 Å². The quantitative estimate of drug-likeness (QED) is 0.490. The third-order valence-electron chi connectivity index (χ3n) is 3.81. The largest absolute Gasteiger partial charge is 0.439 e. The second-order valence-corrected chi connectivity index (χ2v) is 5.57. The number of nitrogens with zero attached hydrogens (tertiary/aromatic N) is 2. The molecule has 25 heavy (non-hydrogen) atoms. The predicted octanol–water partition coefficient (Wildman–Crippen LogP) is 5.60. The summed E-state index contributed by atoms with van der Waals surface area (Å²) in [4.78, 5) is 9.04. The zero-order chi connectivity index (χ0) is 16.9. The molecule has 0 radical (unpaired) electrons. The van der Waals surface area contributed by atoms with Gasteiger partial charge in [-0.2, -0.15) is 0 Å². The first-order chi connectivity index (χ1) is 12.4. The van der Waals surface area contributed by atoms with Crippen LogP contribution in [0.15, 0.2) is 97.2 Å². The fourth-order valence-electron chi connectivity index (χ4n) is 2.61. The molecule has 2 aromatic heterocycles. The van der Waals surface area contributed by atoms with Crippen LogP contribution in [-0.2, 0) is 0 Å². The Hall–Kier alpha value is -3.46. The zero-order valence-electron chi connectivity index (χ0n) is 13.5. The van der Waals surface area contributed by atoms with Gasteiger partial charge in [0.2, 0.25) is 5.88 Å². The van der Waals surface area contributed by atoms with E-state index in [1.165, 1.54) is 0 Å². The lowest BCUT2D eigenvalue weighted by atomic mass is 10.1. The number of hydrogen-bond acceptors (Lipinski definition) is 3. The van der Waals surface area contributed by atoms with E-state index < -0.39 is 0 Å². The summed E-state index contributed by atoms with van der Waals surface area (Å²) >= 11 is 0. The molecule has 0 aliphatic heterocycles. The molecule has 0 N–H and O–H groups in total. The van der Waals surface area contributed by atoms with E-state index in [4.69, 9.17) is 4.74 Å². The first-order valence-electron chi connectivity index (χ1n) is 8.10. The molecular formula is C22H16N2O. The van der Waals surface area contributed by atoms with Gasteiger partial charge in [-0.15, -0.1) is 0 Å². The van der Waals surface area contributed by atoms with Crippen molar-refractivity contribution in [2.75, 3.05) is 0 Å². The number of aromatic nitrogens is 2. The zero-order valence-corrected chi connectivity index (χ0v) is 13.5. The molecule has 2 aromatic carbocycles. The maximum atomic E-state index is 5.83. The highest BCUT2D eigenvalue weighted by molar-refractivity contribution is 5.69. The molecule has 0 bridgehead atoms. The molecule has 0 amide bonds. The lowest BCUT2D eigenvalue weighted by molar-refractivity contribution is 0.463. The van der Waals surface area contributed by atoms with E-state index in [1.807, 2.05) is 78.9 Å². The maximum absolute atomic E-state index is 5.83. The van der Waals surface area contributed by atoms with Crippen LogP contribution in [-0.4, -0.2) is 9.97 Å². The molecule has 0 saturated heterocycles. The van der Waals surface area contributed by atoms with E-state index in [0.717, 1.165) is 28.3 Å². The minimum atomic E-state index is 0.576. The second kappa shape index (κ2) is 6.97. The Morgan fingerprint density at radius 2 is 1.32 bits per heavy atom. The van der Waals surface area contributed by atoms with Gasteiger partial charge in [-0.1, -0.05) is 48.5 Å². The predicted molar refractivity (Wildman–Crippen MR) is 99.4 cm³/mol. The Kier molecular flexibility index (Phi) is 4.21. The van der Waals surface area contributed by atoms with Gasteiger partial charge >= 0.3 is 0 Å². The third kappa shape index (κ3) is 3.56. The summed E-state index contributed by atoms with van der Waals surface area (Å²) in [6.45, 7) is 0. The van der Waals surface area contributed by atoms with Crippen LogP contribution in [0.2, 0.25) is 0 Å². The topological polar surface area (TPSA) is 35.0 Å². The third-order valence-corrected chi connectivity index (χ3v) is 3.81. The molecule has 0 atom stereocenters. The van der Waals surface area contributed by atoms with Crippen LogP contribution in [0.5, 0.6) is 11.6 Å². The Morgan fingerprint density at radius 3 is 2.12 bits per heavy atom. The number of benzene rings is 2. The fourth-order valence-corrected chi connectivity index (χ4v) is 2.61. The lowest BCUT2D eigenvalue weighted by Crippen LogP contribution is -1.90. The summed E-state index contributed by atoms with van der Waals surface area (Å²) in [5.74, 6) is 1.35. The molecule has 4 rings (SSSR count). The van der Waals surface area contributed by atoms with Gasteiger partial charge in [0.15, 0.2) is 0 Å². The van der Waals surface area contributed by atoms with Crippen molar-refractivity contribution in [1.82, 2.24) is 9.97 Å². The number of pyridine rings is 2. The van der Waals surface area contributed by atoms with Gasteiger partial charge in [0, 0.05) is 23.4 Å². The minimum absolute atomic E-state index is 0.576. The van der Waals surface area contributed by atoms with Crippen molar-refractivity contribution in [2.24, 2.45) is 0 Å². The fraction of sp³-hybridized carbons (Fsp3) is 0. The molecular weight excluding hydrogens is 308 g/mol. The number of hydrogen-bond donors (Lipinski definition) is 0. The highest BCUT2D eigenvalue weighted by Crippen LogP contribution is 2.26. The molecule has 4 aromatic rings. The van der Waals surface area contributed by atoms with Crippen LogP contribution in [0.3, 0.4) is 0 Å². The highest BCUT2D eigenvalue weighted by atomic mass is 16.5. The molecule has 0 aliphatic rings. The number of para-hydroxylation sites is 1. The standard InChI is InChI=1S/C22H16N2O/c1-2-10-19(11-3-1)25-22-14-7-13-21(24-22)18-9-6-8-17(16-18)20-12-4-5-15-23-20/h1-16H. The van der Waals surface area contributed by atoms with Gasteiger partial charge in [-0.25, -0.2) is 4.98 Å². The Bertz CT molecular complexity index is 969. The molecule has 0 spiro atoms. The van der Waals surface area contributed by atoms with Crippen molar-refractivity contribution in [3.05, 3.63) is 97.2 Å². The Labute approximate surface area is 146 Å². The normalized spacial score (nSPS) is 10.4. The Balaban J connectivity index is 1.65. The molecule has 120 valence electrons. The van der Waals surface area contributed by atoms with Crippen molar-refractivity contribution in [2.45, 2.75) is 0 Å². The van der Waals surface area contributed by atoms with Gasteiger partial charge < -0.3 is 4.74 Å². The summed E-state index contributed by atoms with van der Waals surface area (Å²) in [7, 11) is 0. The van der Waals surface area contributed by atoms with E-state index in [2.05, 4.69) is 22.1 Å². The second-order valence-electron chi connectivity index (χ2n) is 5.57. The van der Waals surface area contributed by atoms with Crippen molar-refractivity contribution >= 4 is 0 Å². The van der Waals surface area contributed by atoms with Crippen molar-refractivity contribution < 1.29 is 4.74 Å². The maximum Gasteiger partial charge on any atom is 0.219 e. The average Bonchev–Trinajstić information content (AvgIpc) is 2.70. The van der Waals surface area contributed by atoms with Crippen LogP contribution in [0.1, 0.15) is 0 Å². The lowest BCUT2D eigenvalue weighted by Gasteiger charge is -2.08. The molecule has 3 nitrogen and oxygen atoms in total. The molecule has 0 unspecified atom stereocenters. The van der Waals surface area contributed by atoms with E-state index in [1.54, 1.807) is 6.20 Å². The van der Waals surface area contributed by atoms with Crippen molar-refractivity contribution in [1.29, 1.82) is 0 Å². The molecule has 2 heterocycles. The van der Waals surface area contributed by atoms with Gasteiger partial charge in [-0.05, 0) is 36.4 Å². The summed E-state index contributed by atoms with van der Waals surface area (Å²) < 4.78 is 5.83. The minimum Gasteiger partial charge on any atom is -0.439 e. The van der Waals surface area contributed by atoms with Gasteiger partial charge in [0.05, 0.1) is 11.4 Å². The van der Waals surface area contributed by atoms with E-state index in [9.17, 15) is 0 Å². The van der Waals surface area contributed by atoms with Crippen LogP contribution in [0.25, 0.3) is 22.5 Å². The number of ether oxygens (including phenoxy) is 1. The van der Waals surface area contributed by atoms with Gasteiger partial charge in [0.1, 0.15) is 5.75 Å². The summed E-state index contributed by atoms with van der Waals surface area (Å²) in [5.41, 5.74) is 3.91. The van der Waals surface area contributed by atoms with E-state index in [0.29, 0.717) is 5.88 Å².